The van der Waals surface area contributed by atoms with E-state index in [2.05, 4.69) is 25.1 Å². The summed E-state index contributed by atoms with van der Waals surface area (Å²) in [5.74, 6) is 0.877. The molecule has 7 heteroatoms. The first-order valence-corrected chi connectivity index (χ1v) is 5.96. The van der Waals surface area contributed by atoms with Gasteiger partial charge in [-0.2, -0.15) is 10.2 Å². The number of hydrogen-bond donors (Lipinski definition) is 0. The smallest absolute Gasteiger partial charge is 0.163 e. The Morgan fingerprint density at radius 3 is 2.74 bits per heavy atom. The largest absolute Gasteiger partial charge is 0.355 e. The van der Waals surface area contributed by atoms with Crippen molar-refractivity contribution in [1.82, 2.24) is 29.5 Å². The third kappa shape index (κ3) is 2.03. The zero-order chi connectivity index (χ0) is 13.4. The molecule has 3 aromatic rings. The molecule has 0 atom stereocenters. The Bertz CT molecular complexity index is 712. The van der Waals surface area contributed by atoms with E-state index < -0.39 is 0 Å². The molecule has 7 nitrogen and oxygen atoms in total. The highest BCUT2D eigenvalue weighted by Crippen LogP contribution is 2.22. The van der Waals surface area contributed by atoms with Crippen LogP contribution in [0.4, 0.5) is 5.82 Å². The molecule has 0 N–H and O–H groups in total. The summed E-state index contributed by atoms with van der Waals surface area (Å²) in [6, 6.07) is 0. The van der Waals surface area contributed by atoms with Crippen LogP contribution >= 0.6 is 0 Å². The summed E-state index contributed by atoms with van der Waals surface area (Å²) >= 11 is 0. The van der Waals surface area contributed by atoms with E-state index in [1.165, 1.54) is 0 Å². The van der Waals surface area contributed by atoms with Crippen LogP contribution in [0.15, 0.2) is 24.9 Å². The van der Waals surface area contributed by atoms with E-state index in [9.17, 15) is 0 Å². The molecule has 0 amide bonds. The molecule has 0 saturated carbocycles. The van der Waals surface area contributed by atoms with E-state index in [0.717, 1.165) is 29.0 Å². The normalized spacial score (nSPS) is 11.1. The molecule has 0 unspecified atom stereocenters. The summed E-state index contributed by atoms with van der Waals surface area (Å²) in [6.07, 6.45) is 7.22. The molecule has 0 bridgehead atoms. The summed E-state index contributed by atoms with van der Waals surface area (Å²) in [5, 5.41) is 9.35. The van der Waals surface area contributed by atoms with Gasteiger partial charge in [-0.05, 0) is 0 Å². The van der Waals surface area contributed by atoms with Gasteiger partial charge in [0.1, 0.15) is 12.1 Å². The second-order valence-corrected chi connectivity index (χ2v) is 4.58. The van der Waals surface area contributed by atoms with Gasteiger partial charge in [0.15, 0.2) is 5.65 Å². The van der Waals surface area contributed by atoms with Crippen LogP contribution in [0.2, 0.25) is 0 Å². The second-order valence-electron chi connectivity index (χ2n) is 4.58. The number of nitrogens with zero attached hydrogens (tertiary/aromatic N) is 7. The number of aromatic nitrogens is 6. The molecule has 98 valence electrons. The number of fused-ring (bicyclic) bond motifs is 1. The Morgan fingerprint density at radius 1 is 1.16 bits per heavy atom. The molecule has 0 aliphatic heterocycles. The fourth-order valence-electron chi connectivity index (χ4n) is 2.16. The molecule has 0 aromatic carbocycles. The highest BCUT2D eigenvalue weighted by Gasteiger charge is 2.12. The topological polar surface area (TPSA) is 64.7 Å². The molecule has 0 aliphatic rings. The molecule has 0 aliphatic carbocycles. The van der Waals surface area contributed by atoms with Crippen LogP contribution in [0.3, 0.4) is 0 Å². The molecule has 19 heavy (non-hydrogen) atoms. The maximum Gasteiger partial charge on any atom is 0.163 e. The van der Waals surface area contributed by atoms with Gasteiger partial charge >= 0.3 is 0 Å². The average molecular weight is 257 g/mol. The molecular weight excluding hydrogens is 242 g/mol. The first-order valence-electron chi connectivity index (χ1n) is 5.96. The maximum atomic E-state index is 4.36. The van der Waals surface area contributed by atoms with Crippen molar-refractivity contribution in [3.8, 4) is 0 Å². The fraction of sp³-hybridized carbons (Fsp3) is 0.333. The Balaban J connectivity index is 1.95. The maximum absolute atomic E-state index is 4.36. The summed E-state index contributed by atoms with van der Waals surface area (Å²) < 4.78 is 3.54. The summed E-state index contributed by atoms with van der Waals surface area (Å²) in [6.45, 7) is 0.745. The number of aryl methyl sites for hydroxylation is 2. The Hall–Kier alpha value is -2.44. The Labute approximate surface area is 110 Å². The van der Waals surface area contributed by atoms with Crippen LogP contribution < -0.4 is 4.90 Å². The lowest BCUT2D eigenvalue weighted by molar-refractivity contribution is 0.766. The zero-order valence-corrected chi connectivity index (χ0v) is 11.1. The van der Waals surface area contributed by atoms with Crippen molar-refractivity contribution >= 4 is 16.9 Å². The molecule has 3 aromatic heterocycles. The molecule has 0 radical (unpaired) electrons. The fourth-order valence-corrected chi connectivity index (χ4v) is 2.16. The van der Waals surface area contributed by atoms with E-state index >= 15 is 0 Å². The minimum Gasteiger partial charge on any atom is -0.355 e. The van der Waals surface area contributed by atoms with E-state index in [-0.39, 0.29) is 0 Å². The van der Waals surface area contributed by atoms with Gasteiger partial charge in [-0.25, -0.2) is 9.97 Å². The summed E-state index contributed by atoms with van der Waals surface area (Å²) in [5.41, 5.74) is 1.98. The molecule has 0 spiro atoms. The summed E-state index contributed by atoms with van der Waals surface area (Å²) in [7, 11) is 5.79. The van der Waals surface area contributed by atoms with Crippen LogP contribution in [0.1, 0.15) is 5.56 Å². The van der Waals surface area contributed by atoms with Crippen molar-refractivity contribution in [2.75, 3.05) is 11.9 Å². The van der Waals surface area contributed by atoms with Gasteiger partial charge in [0, 0.05) is 39.4 Å². The first-order chi connectivity index (χ1) is 9.15. The number of rotatable bonds is 3. The van der Waals surface area contributed by atoms with Gasteiger partial charge in [0.2, 0.25) is 0 Å². The van der Waals surface area contributed by atoms with Gasteiger partial charge < -0.3 is 4.90 Å². The molecule has 3 heterocycles. The van der Waals surface area contributed by atoms with E-state index in [1.54, 1.807) is 21.9 Å². The first kappa shape index (κ1) is 11.6. The van der Waals surface area contributed by atoms with Crippen LogP contribution in [0.5, 0.6) is 0 Å². The lowest BCUT2D eigenvalue weighted by Crippen LogP contribution is -2.17. The molecular formula is C12H15N7. The standard InChI is InChI=1S/C12H15N7/c1-17(6-9-4-15-18(2)7-9)11-10-5-16-19(3)12(10)14-8-13-11/h4-5,7-8H,6H2,1-3H3. The summed E-state index contributed by atoms with van der Waals surface area (Å²) in [4.78, 5) is 10.7. The van der Waals surface area contributed by atoms with Crippen molar-refractivity contribution in [2.24, 2.45) is 14.1 Å². The van der Waals surface area contributed by atoms with Crippen LogP contribution in [-0.4, -0.2) is 36.6 Å². The molecule has 3 rings (SSSR count). The van der Waals surface area contributed by atoms with Gasteiger partial charge in [0.05, 0.1) is 17.8 Å². The third-order valence-electron chi connectivity index (χ3n) is 3.05. The highest BCUT2D eigenvalue weighted by atomic mass is 15.3. The Kier molecular flexibility index (Phi) is 2.66. The predicted octanol–water partition coefficient (Wildman–Crippen LogP) is 0.733. The lowest BCUT2D eigenvalue weighted by atomic mass is 10.3. The number of hydrogen-bond acceptors (Lipinski definition) is 5. The minimum absolute atomic E-state index is 0.745. The van der Waals surface area contributed by atoms with Crippen molar-refractivity contribution in [2.45, 2.75) is 6.54 Å². The van der Waals surface area contributed by atoms with Crippen molar-refractivity contribution < 1.29 is 0 Å². The Morgan fingerprint density at radius 2 is 2.00 bits per heavy atom. The van der Waals surface area contributed by atoms with Crippen molar-refractivity contribution in [1.29, 1.82) is 0 Å². The molecule has 0 saturated heterocycles. The minimum atomic E-state index is 0.745. The molecule has 0 fully saturated rings. The van der Waals surface area contributed by atoms with Crippen LogP contribution in [0, 0.1) is 0 Å². The van der Waals surface area contributed by atoms with E-state index in [4.69, 9.17) is 0 Å². The quantitative estimate of drug-likeness (QED) is 0.692. The second kappa shape index (κ2) is 4.34. The SMILES string of the molecule is CN(Cc1cnn(C)c1)c1ncnc2c1cnn2C. The third-order valence-corrected chi connectivity index (χ3v) is 3.05. The van der Waals surface area contributed by atoms with Gasteiger partial charge in [-0.3, -0.25) is 9.36 Å². The van der Waals surface area contributed by atoms with Crippen LogP contribution in [-0.2, 0) is 20.6 Å². The average Bonchev–Trinajstić information content (AvgIpc) is 2.96. The van der Waals surface area contributed by atoms with Gasteiger partial charge in [0.25, 0.3) is 0 Å². The number of anilines is 1. The van der Waals surface area contributed by atoms with Crippen molar-refractivity contribution in [3.05, 3.63) is 30.5 Å². The van der Waals surface area contributed by atoms with E-state index in [0.29, 0.717) is 0 Å². The van der Waals surface area contributed by atoms with Crippen molar-refractivity contribution in [3.63, 3.8) is 0 Å². The predicted molar refractivity (Wildman–Crippen MR) is 71.6 cm³/mol. The van der Waals surface area contributed by atoms with Gasteiger partial charge in [-0.1, -0.05) is 0 Å². The van der Waals surface area contributed by atoms with Crippen LogP contribution in [0.25, 0.3) is 11.0 Å². The van der Waals surface area contributed by atoms with Gasteiger partial charge in [-0.15, -0.1) is 0 Å². The lowest BCUT2D eigenvalue weighted by Gasteiger charge is -2.17. The monoisotopic (exact) mass is 257 g/mol. The highest BCUT2D eigenvalue weighted by molar-refractivity contribution is 5.86. The zero-order valence-electron chi connectivity index (χ0n) is 11.1. The van der Waals surface area contributed by atoms with E-state index in [1.807, 2.05) is 33.5 Å².